The number of benzene rings is 2. The molecule has 0 spiro atoms. The molecular weight excluding hydrogens is 497 g/mol. The molecule has 1 heterocycles. The van der Waals surface area contributed by atoms with Crippen LogP contribution in [-0.2, 0) is 6.42 Å². The summed E-state index contributed by atoms with van der Waals surface area (Å²) in [6.07, 6.45) is 0.763. The maximum atomic E-state index is 5.92. The molecule has 0 N–H and O–H groups in total. The van der Waals surface area contributed by atoms with Gasteiger partial charge in [-0.1, -0.05) is 0 Å². The summed E-state index contributed by atoms with van der Waals surface area (Å²) in [7, 11) is 0. The molecule has 0 fully saturated rings. The Labute approximate surface area is 149 Å². The molecule has 3 aromatic rings. The fourth-order valence-electron chi connectivity index (χ4n) is 2.23. The van der Waals surface area contributed by atoms with Crippen molar-refractivity contribution in [2.45, 2.75) is 6.42 Å². The molecule has 102 valence electrons. The molecule has 0 aliphatic carbocycles. The summed E-state index contributed by atoms with van der Waals surface area (Å²) < 4.78 is 4.62. The van der Waals surface area contributed by atoms with Gasteiger partial charge in [0.05, 0.1) is 11.0 Å². The molecule has 0 atom stereocenters. The van der Waals surface area contributed by atoms with Gasteiger partial charge in [-0.3, -0.25) is 4.57 Å². The Morgan fingerprint density at radius 3 is 2.40 bits per heavy atom. The van der Waals surface area contributed by atoms with Gasteiger partial charge in [-0.25, -0.2) is 4.98 Å². The highest BCUT2D eigenvalue weighted by atomic mass is 127. The molecule has 3 rings (SSSR count). The predicted molar refractivity (Wildman–Crippen MR) is 101 cm³/mol. The molecule has 0 amide bonds. The van der Waals surface area contributed by atoms with Crippen LogP contribution in [0, 0.1) is 7.14 Å². The summed E-state index contributed by atoms with van der Waals surface area (Å²) in [6, 6.07) is 14.8. The van der Waals surface area contributed by atoms with Gasteiger partial charge in [0.25, 0.3) is 0 Å². The summed E-state index contributed by atoms with van der Waals surface area (Å²) in [6.45, 7) is 0. The van der Waals surface area contributed by atoms with E-state index in [9.17, 15) is 0 Å². The summed E-state index contributed by atoms with van der Waals surface area (Å²) in [5, 5.41) is 0. The fourth-order valence-corrected chi connectivity index (χ4v) is 3.24. The summed E-state index contributed by atoms with van der Waals surface area (Å²) in [5.74, 6) is 1.59. The third kappa shape index (κ3) is 2.82. The average molecular weight is 509 g/mol. The van der Waals surface area contributed by atoms with Gasteiger partial charge >= 0.3 is 0 Å². The van der Waals surface area contributed by atoms with E-state index in [1.807, 2.05) is 0 Å². The van der Waals surface area contributed by atoms with E-state index in [0.29, 0.717) is 5.88 Å². The molecule has 0 aliphatic rings. The van der Waals surface area contributed by atoms with Crippen LogP contribution in [0.15, 0.2) is 42.5 Å². The second kappa shape index (κ2) is 6.19. The first-order valence-electron chi connectivity index (χ1n) is 6.18. The minimum atomic E-state index is 0.574. The smallest absolute Gasteiger partial charge is 0.115 e. The van der Waals surface area contributed by atoms with E-state index in [4.69, 9.17) is 16.6 Å². The Bertz CT molecular complexity index is 750. The van der Waals surface area contributed by atoms with Crippen LogP contribution in [0.3, 0.4) is 0 Å². The lowest BCUT2D eigenvalue weighted by Gasteiger charge is -2.08. The van der Waals surface area contributed by atoms with E-state index in [2.05, 4.69) is 92.2 Å². The normalized spacial score (nSPS) is 11.2. The van der Waals surface area contributed by atoms with Crippen LogP contribution in [0.25, 0.3) is 16.7 Å². The monoisotopic (exact) mass is 508 g/mol. The molecule has 2 aromatic carbocycles. The van der Waals surface area contributed by atoms with Crippen molar-refractivity contribution in [2.24, 2.45) is 0 Å². The van der Waals surface area contributed by atoms with Crippen molar-refractivity contribution < 1.29 is 0 Å². The fraction of sp³-hybridized carbons (Fsp3) is 0.133. The van der Waals surface area contributed by atoms with Crippen LogP contribution in [0.2, 0.25) is 0 Å². The number of fused-ring (bicyclic) bond motifs is 1. The molecule has 2 nitrogen and oxygen atoms in total. The van der Waals surface area contributed by atoms with Crippen molar-refractivity contribution in [3.8, 4) is 5.69 Å². The molecule has 0 bridgehead atoms. The van der Waals surface area contributed by atoms with Gasteiger partial charge in [0.2, 0.25) is 0 Å². The van der Waals surface area contributed by atoms with Gasteiger partial charge in [0, 0.05) is 25.1 Å². The van der Waals surface area contributed by atoms with Crippen LogP contribution in [0.1, 0.15) is 5.82 Å². The van der Waals surface area contributed by atoms with Gasteiger partial charge in [0.15, 0.2) is 0 Å². The predicted octanol–water partition coefficient (Wildman–Crippen LogP) is 5.02. The number of alkyl halides is 1. The molecule has 0 unspecified atom stereocenters. The Morgan fingerprint density at radius 2 is 1.70 bits per heavy atom. The zero-order chi connectivity index (χ0) is 14.1. The van der Waals surface area contributed by atoms with Crippen LogP contribution < -0.4 is 0 Å². The lowest BCUT2D eigenvalue weighted by Crippen LogP contribution is -2.02. The number of hydrogen-bond donors (Lipinski definition) is 0. The minimum Gasteiger partial charge on any atom is -0.296 e. The Morgan fingerprint density at radius 1 is 1.00 bits per heavy atom. The number of aryl methyl sites for hydroxylation is 1. The van der Waals surface area contributed by atoms with Crippen molar-refractivity contribution in [3.63, 3.8) is 0 Å². The zero-order valence-corrected chi connectivity index (χ0v) is 15.6. The maximum Gasteiger partial charge on any atom is 0.115 e. The van der Waals surface area contributed by atoms with Crippen LogP contribution in [0.5, 0.6) is 0 Å². The van der Waals surface area contributed by atoms with E-state index in [-0.39, 0.29) is 0 Å². The quantitative estimate of drug-likeness (QED) is 0.359. The summed E-state index contributed by atoms with van der Waals surface area (Å²) >= 11 is 10.6. The first-order valence-corrected chi connectivity index (χ1v) is 8.87. The van der Waals surface area contributed by atoms with Crippen LogP contribution in [-0.4, -0.2) is 15.4 Å². The number of imidazole rings is 1. The van der Waals surface area contributed by atoms with Crippen LogP contribution in [0.4, 0.5) is 0 Å². The summed E-state index contributed by atoms with van der Waals surface area (Å²) in [4.78, 5) is 4.73. The second-order valence-corrected chi connectivity index (χ2v) is 7.28. The van der Waals surface area contributed by atoms with Crippen molar-refractivity contribution in [1.82, 2.24) is 9.55 Å². The maximum absolute atomic E-state index is 5.92. The Hall–Kier alpha value is -0.340. The highest BCUT2D eigenvalue weighted by Crippen LogP contribution is 2.24. The van der Waals surface area contributed by atoms with E-state index in [1.165, 1.54) is 7.14 Å². The first-order chi connectivity index (χ1) is 9.69. The van der Waals surface area contributed by atoms with Crippen LogP contribution >= 0.6 is 56.8 Å². The lowest BCUT2D eigenvalue weighted by molar-refractivity contribution is 0.912. The highest BCUT2D eigenvalue weighted by Gasteiger charge is 2.12. The topological polar surface area (TPSA) is 17.8 Å². The van der Waals surface area contributed by atoms with Crippen molar-refractivity contribution in [2.75, 3.05) is 5.88 Å². The van der Waals surface area contributed by atoms with E-state index >= 15 is 0 Å². The second-order valence-electron chi connectivity index (χ2n) is 4.41. The van der Waals surface area contributed by atoms with Gasteiger partial charge in [-0.05, 0) is 87.6 Å². The van der Waals surface area contributed by atoms with Gasteiger partial charge < -0.3 is 0 Å². The molecular formula is C15H11ClI2N2. The third-order valence-corrected chi connectivity index (χ3v) is 4.67. The molecule has 5 heteroatoms. The van der Waals surface area contributed by atoms with E-state index in [1.54, 1.807) is 0 Å². The molecule has 0 radical (unpaired) electrons. The molecule has 0 saturated heterocycles. The van der Waals surface area contributed by atoms with Gasteiger partial charge in [-0.15, -0.1) is 11.6 Å². The highest BCUT2D eigenvalue weighted by molar-refractivity contribution is 14.1. The van der Waals surface area contributed by atoms with E-state index < -0.39 is 0 Å². The van der Waals surface area contributed by atoms with Crippen molar-refractivity contribution >= 4 is 67.8 Å². The van der Waals surface area contributed by atoms with E-state index in [0.717, 1.165) is 29.0 Å². The number of rotatable bonds is 3. The molecule has 20 heavy (non-hydrogen) atoms. The standard InChI is InChI=1S/C15H11ClI2N2/c16-8-7-15-19-13-9-11(18)3-6-14(13)20(15)12-4-1-10(17)2-5-12/h1-6,9H,7-8H2. The Balaban J connectivity index is 2.25. The van der Waals surface area contributed by atoms with Gasteiger partial charge in [0.1, 0.15) is 5.82 Å². The SMILES string of the molecule is ClCCc1nc2cc(I)ccc2n1-c1ccc(I)cc1. The number of aromatic nitrogens is 2. The third-order valence-electron chi connectivity index (χ3n) is 3.09. The number of nitrogens with zero attached hydrogens (tertiary/aromatic N) is 2. The average Bonchev–Trinajstić information content (AvgIpc) is 2.77. The van der Waals surface area contributed by atoms with Gasteiger partial charge in [-0.2, -0.15) is 0 Å². The minimum absolute atomic E-state index is 0.574. The summed E-state index contributed by atoms with van der Waals surface area (Å²) in [5.41, 5.74) is 3.29. The van der Waals surface area contributed by atoms with Crippen molar-refractivity contribution in [1.29, 1.82) is 0 Å². The largest absolute Gasteiger partial charge is 0.296 e. The molecule has 0 aliphatic heterocycles. The first kappa shape index (κ1) is 14.6. The molecule has 1 aromatic heterocycles. The number of hydrogen-bond acceptors (Lipinski definition) is 1. The lowest BCUT2D eigenvalue weighted by atomic mass is 10.2. The Kier molecular flexibility index (Phi) is 4.52. The van der Waals surface area contributed by atoms with Crippen molar-refractivity contribution in [3.05, 3.63) is 55.4 Å². The number of halogens is 3. The zero-order valence-electron chi connectivity index (χ0n) is 10.5. The molecule has 0 saturated carbocycles.